The van der Waals surface area contributed by atoms with Crippen molar-refractivity contribution in [1.82, 2.24) is 0 Å². The first-order valence-electron chi connectivity index (χ1n) is 35.3. The van der Waals surface area contributed by atoms with Gasteiger partial charge in [-0.3, -0.25) is 0 Å². The van der Waals surface area contributed by atoms with Gasteiger partial charge in [0.15, 0.2) is 8.32 Å². The molecular formula is C74H162O19Si. The lowest BCUT2D eigenvalue weighted by Crippen LogP contribution is -2.41. The van der Waals surface area contributed by atoms with Gasteiger partial charge in [0.05, 0.1) is 145 Å². The molecule has 0 saturated heterocycles. The van der Waals surface area contributed by atoms with E-state index in [9.17, 15) is 0 Å². The Morgan fingerprint density at radius 3 is 0.968 bits per heavy atom. The molecule has 0 amide bonds. The van der Waals surface area contributed by atoms with Gasteiger partial charge in [-0.25, -0.2) is 0 Å². The topological polar surface area (TPSA) is 219 Å². The summed E-state index contributed by atoms with van der Waals surface area (Å²) in [5, 5.41) is 35.5. The maximum Gasteiger partial charge on any atom is 0.192 e. The highest BCUT2D eigenvalue weighted by Gasteiger charge is 2.36. The van der Waals surface area contributed by atoms with Crippen LogP contribution >= 0.6 is 0 Å². The molecule has 19 nitrogen and oxygen atoms in total. The molecule has 1 unspecified atom stereocenters. The molecular weight excluding hydrogens is 1220 g/mol. The first-order valence-corrected chi connectivity index (χ1v) is 38.2. The average molecular weight is 1380 g/mol. The maximum atomic E-state index is 8.98. The smallest absolute Gasteiger partial charge is 0.192 e. The number of rotatable bonds is 42. The molecule has 0 aliphatic rings. The van der Waals surface area contributed by atoms with Crippen LogP contribution in [0.1, 0.15) is 231 Å². The van der Waals surface area contributed by atoms with Crippen molar-refractivity contribution in [3.05, 3.63) is 35.9 Å². The van der Waals surface area contributed by atoms with Gasteiger partial charge >= 0.3 is 0 Å². The summed E-state index contributed by atoms with van der Waals surface area (Å²) in [6.45, 7) is 69.3. The molecule has 0 radical (unpaired) electrons. The Morgan fingerprint density at radius 1 is 0.372 bits per heavy atom. The van der Waals surface area contributed by atoms with Crippen molar-refractivity contribution in [3.63, 3.8) is 0 Å². The van der Waals surface area contributed by atoms with Crippen LogP contribution in [-0.2, 0) is 77.3 Å². The third-order valence-electron chi connectivity index (χ3n) is 11.5. The van der Waals surface area contributed by atoms with Gasteiger partial charge in [0.1, 0.15) is 6.79 Å². The summed E-state index contributed by atoms with van der Waals surface area (Å²) in [6, 6.07) is 10.2. The largest absolute Gasteiger partial charge is 0.414 e. The van der Waals surface area contributed by atoms with Gasteiger partial charge in [-0.2, -0.15) is 0 Å². The van der Waals surface area contributed by atoms with Gasteiger partial charge in [0, 0.05) is 54.4 Å². The summed E-state index contributed by atoms with van der Waals surface area (Å²) in [5.74, 6) is 0. The zero-order chi connectivity index (χ0) is 74.8. The molecule has 1 aromatic rings. The number of aliphatic hydroxyl groups excluding tert-OH is 4. The summed E-state index contributed by atoms with van der Waals surface area (Å²) in [7, 11) is 3.43. The molecule has 0 heterocycles. The summed E-state index contributed by atoms with van der Waals surface area (Å²) >= 11 is 0. The van der Waals surface area contributed by atoms with Crippen molar-refractivity contribution in [2.24, 2.45) is 0 Å². The molecule has 576 valence electrons. The van der Waals surface area contributed by atoms with Gasteiger partial charge in [-0.15, -0.1) is 0 Å². The van der Waals surface area contributed by atoms with Crippen LogP contribution in [0, 0.1) is 0 Å². The van der Waals surface area contributed by atoms with Crippen LogP contribution < -0.4 is 0 Å². The van der Waals surface area contributed by atoms with Crippen LogP contribution in [0.2, 0.25) is 18.1 Å². The standard InChI is InChI=1S/C12H18O2.C11H26O2Si.4C7H16O2.2C6H14O2.C6H14O.C5H12O2/c1-11(2)14-9-8-13-10-12-6-4-3-5-7-12;1-10(2)12-8-9-13-14(6,7)11(3,4)5;1-7(2)9-6-4-5-8-3;3*1-4-7(8)5-9-6(2)3;1-6(2)8-5-4-7-3;1-6(2)8-5-3-4-7;1-4-5-7-6(2)3;1-5(2)7-4-6-3/h3-7,11H,8-10H2,1-2H3;10H,8-9H2,1-7H3;7H,4-6H2,1-3H3;3*6-8H,4-5H2,1-3H3;6H,4-5H2,1-3H3;6-7H,3-5H2,1-2H3;6H,4-5H2,1-3H3;5H,4H2,1-3H3/t;;;2*7-;;;;;/m...10...../s1. The third-order valence-corrected chi connectivity index (χ3v) is 16.0. The fourth-order valence-electron chi connectivity index (χ4n) is 5.00. The number of aliphatic hydroxyl groups is 4. The summed E-state index contributed by atoms with van der Waals surface area (Å²) in [6.07, 6.45) is 7.24. The Bertz CT molecular complexity index is 1380. The minimum absolute atomic E-state index is 0.228. The van der Waals surface area contributed by atoms with Crippen LogP contribution in [0.25, 0.3) is 0 Å². The van der Waals surface area contributed by atoms with Gasteiger partial charge in [0.2, 0.25) is 0 Å². The average Bonchev–Trinajstić information content (AvgIpc) is 0.863. The van der Waals surface area contributed by atoms with E-state index in [2.05, 4.69) is 71.5 Å². The quantitative estimate of drug-likeness (QED) is 0.0272. The summed E-state index contributed by atoms with van der Waals surface area (Å²) in [5.41, 5.74) is 1.21. The van der Waals surface area contributed by atoms with Gasteiger partial charge < -0.3 is 91.2 Å². The molecule has 1 rings (SSSR count). The zero-order valence-electron chi connectivity index (χ0n) is 67.4. The minimum Gasteiger partial charge on any atom is -0.414 e. The second kappa shape index (κ2) is 84.1. The second-order valence-corrected chi connectivity index (χ2v) is 30.8. The van der Waals surface area contributed by atoms with E-state index in [1.165, 1.54) is 5.56 Å². The van der Waals surface area contributed by atoms with Crippen molar-refractivity contribution in [3.8, 4) is 0 Å². The second-order valence-electron chi connectivity index (χ2n) is 26.0. The molecule has 0 aliphatic heterocycles. The molecule has 0 saturated carbocycles. The fraction of sp³-hybridized carbons (Fsp3) is 0.919. The highest BCUT2D eigenvalue weighted by molar-refractivity contribution is 6.74. The molecule has 4 N–H and O–H groups in total. The van der Waals surface area contributed by atoms with Crippen LogP contribution in [0.5, 0.6) is 0 Å². The van der Waals surface area contributed by atoms with E-state index in [0.29, 0.717) is 108 Å². The lowest BCUT2D eigenvalue weighted by atomic mass is 10.2. The van der Waals surface area contributed by atoms with Crippen LogP contribution in [0.4, 0.5) is 0 Å². The molecule has 0 aliphatic carbocycles. The van der Waals surface area contributed by atoms with E-state index in [-0.39, 0.29) is 55.4 Å². The lowest BCUT2D eigenvalue weighted by Gasteiger charge is -2.36. The molecule has 20 heteroatoms. The Balaban J connectivity index is -0.000000123. The maximum absolute atomic E-state index is 8.98. The van der Waals surface area contributed by atoms with Crippen LogP contribution in [-0.4, -0.2) is 229 Å². The molecule has 0 fully saturated rings. The number of benzene rings is 1. The van der Waals surface area contributed by atoms with Crippen molar-refractivity contribution < 1.29 is 91.2 Å². The first kappa shape index (κ1) is 111. The van der Waals surface area contributed by atoms with E-state index in [1.54, 1.807) is 21.3 Å². The number of hydrogen-bond donors (Lipinski definition) is 4. The lowest BCUT2D eigenvalue weighted by molar-refractivity contribution is -0.0587. The monoisotopic (exact) mass is 1380 g/mol. The Labute approximate surface area is 583 Å². The molecule has 3 atom stereocenters. The number of ether oxygens (including phenoxy) is 14. The highest BCUT2D eigenvalue weighted by atomic mass is 28.4. The van der Waals surface area contributed by atoms with Crippen molar-refractivity contribution in [2.75, 3.05) is 121 Å². The molecule has 1 aromatic carbocycles. The van der Waals surface area contributed by atoms with Gasteiger partial charge in [0.25, 0.3) is 0 Å². The molecule has 0 bridgehead atoms. The molecule has 0 spiro atoms. The third kappa shape index (κ3) is 124. The Morgan fingerprint density at radius 2 is 0.691 bits per heavy atom. The molecule has 0 aromatic heterocycles. The zero-order valence-corrected chi connectivity index (χ0v) is 68.4. The predicted octanol–water partition coefficient (Wildman–Crippen LogP) is 15.7. The van der Waals surface area contributed by atoms with E-state index in [4.69, 9.17) is 86.4 Å². The van der Waals surface area contributed by atoms with Crippen LogP contribution in [0.3, 0.4) is 0 Å². The summed E-state index contributed by atoms with van der Waals surface area (Å²) in [4.78, 5) is 0. The number of hydrogen-bond acceptors (Lipinski definition) is 19. The van der Waals surface area contributed by atoms with E-state index < -0.39 is 8.32 Å². The van der Waals surface area contributed by atoms with E-state index in [0.717, 1.165) is 65.0 Å². The minimum atomic E-state index is -1.56. The molecule has 94 heavy (non-hydrogen) atoms. The van der Waals surface area contributed by atoms with Crippen molar-refractivity contribution in [2.45, 2.75) is 330 Å². The Kier molecular flexibility index (Phi) is 99.5. The summed E-state index contributed by atoms with van der Waals surface area (Å²) < 4.78 is 77.6. The van der Waals surface area contributed by atoms with E-state index in [1.807, 2.05) is 164 Å². The SMILES string of the molecule is CC(C)OCCCO.CC(C)OCCOCc1ccccc1.CC(C)OCCO[Si](C)(C)C(C)(C)C.CCC(O)COC(C)C.CCCOC(C)C.CC[C@@H](O)COC(C)C.CC[C@H](O)COC(C)C.COCCCOC(C)C.COCCOC(C)C.COCOC(C)C. The van der Waals surface area contributed by atoms with Gasteiger partial charge in [-0.1, -0.05) is 78.8 Å². The van der Waals surface area contributed by atoms with Crippen molar-refractivity contribution >= 4 is 8.32 Å². The first-order chi connectivity index (χ1) is 43.8. The van der Waals surface area contributed by atoms with E-state index >= 15 is 0 Å². The van der Waals surface area contributed by atoms with Gasteiger partial charge in [-0.05, 0) is 201 Å². The highest BCUT2D eigenvalue weighted by Crippen LogP contribution is 2.36. The van der Waals surface area contributed by atoms with Crippen molar-refractivity contribution in [1.29, 1.82) is 0 Å². The predicted molar refractivity (Wildman–Crippen MR) is 396 cm³/mol. The number of methoxy groups -OCH3 is 3. The normalized spacial score (nSPS) is 12.1. The van der Waals surface area contributed by atoms with Crippen LogP contribution in [0.15, 0.2) is 30.3 Å². The fourth-order valence-corrected chi connectivity index (χ4v) is 6.03. The Hall–Kier alpha value is -1.32.